The first-order valence-electron chi connectivity index (χ1n) is 12.6. The van der Waals surface area contributed by atoms with Crippen LogP contribution in [0.5, 0.6) is 5.75 Å². The highest BCUT2D eigenvalue weighted by atomic mass is 31.2. The number of aromatic nitrogens is 2. The molecule has 0 aliphatic carbocycles. The van der Waals surface area contributed by atoms with Crippen molar-refractivity contribution in [1.82, 2.24) is 14.9 Å². The Morgan fingerprint density at radius 1 is 1.08 bits per heavy atom. The van der Waals surface area contributed by atoms with E-state index >= 15 is 0 Å². The van der Waals surface area contributed by atoms with E-state index in [1.54, 1.807) is 31.5 Å². The molecule has 196 valence electrons. The van der Waals surface area contributed by atoms with Crippen LogP contribution in [0.25, 0.3) is 0 Å². The number of benzene rings is 1. The van der Waals surface area contributed by atoms with Crippen LogP contribution in [0, 0.1) is 5.82 Å². The summed E-state index contributed by atoms with van der Waals surface area (Å²) in [6.07, 6.45) is 6.13. The lowest BCUT2D eigenvalue weighted by atomic mass is 10.0. The van der Waals surface area contributed by atoms with Gasteiger partial charge in [-0.2, -0.15) is 0 Å². The molecule has 1 aromatic carbocycles. The minimum Gasteiger partial charge on any atom is -0.489 e. The Labute approximate surface area is 217 Å². The third-order valence-electron chi connectivity index (χ3n) is 7.10. The van der Waals surface area contributed by atoms with Gasteiger partial charge in [0, 0.05) is 48.2 Å². The van der Waals surface area contributed by atoms with Gasteiger partial charge in [0.15, 0.2) is 17.4 Å². The number of para-hydroxylation sites is 1. The monoisotopic (exact) mass is 524 g/mol. The Kier molecular flexibility index (Phi) is 7.10. The number of nitrogens with one attached hydrogen (secondary N) is 2. The zero-order valence-electron chi connectivity index (χ0n) is 21.8. The van der Waals surface area contributed by atoms with Crippen molar-refractivity contribution in [3.8, 4) is 5.75 Å². The van der Waals surface area contributed by atoms with Crippen LogP contribution in [0.1, 0.15) is 18.4 Å². The summed E-state index contributed by atoms with van der Waals surface area (Å²) in [5.41, 5.74) is 3.12. The molecule has 5 rings (SSSR count). The molecular formula is C27H34FN6O2P. The van der Waals surface area contributed by atoms with Gasteiger partial charge in [0.25, 0.3) is 0 Å². The molecule has 0 unspecified atom stereocenters. The average molecular weight is 525 g/mol. The Balaban J connectivity index is 1.38. The van der Waals surface area contributed by atoms with Crippen LogP contribution in [-0.4, -0.2) is 68.0 Å². The van der Waals surface area contributed by atoms with Gasteiger partial charge >= 0.3 is 0 Å². The lowest BCUT2D eigenvalue weighted by Crippen LogP contribution is -2.42. The van der Waals surface area contributed by atoms with Gasteiger partial charge in [-0.05, 0) is 52.4 Å². The van der Waals surface area contributed by atoms with Crippen molar-refractivity contribution < 1.29 is 13.7 Å². The lowest BCUT2D eigenvalue weighted by Gasteiger charge is -2.37. The molecule has 37 heavy (non-hydrogen) atoms. The first kappa shape index (κ1) is 25.5. The van der Waals surface area contributed by atoms with Crippen molar-refractivity contribution in [2.75, 3.05) is 62.7 Å². The van der Waals surface area contributed by atoms with E-state index in [0.717, 1.165) is 55.5 Å². The van der Waals surface area contributed by atoms with Crippen molar-refractivity contribution in [1.29, 1.82) is 0 Å². The molecule has 10 heteroatoms. The molecule has 1 saturated heterocycles. The smallest absolute Gasteiger partial charge is 0.174 e. The summed E-state index contributed by atoms with van der Waals surface area (Å²) in [4.78, 5) is 13.6. The SMILES string of the molecule is CN(C)C1CCN(c2cnc(Nc3cc(Nc4ccccc4P(C)(C)=O)c(F)cn3)c3c2CCO3)CC1. The molecule has 4 heterocycles. The zero-order valence-corrected chi connectivity index (χ0v) is 22.7. The van der Waals surface area contributed by atoms with Crippen LogP contribution in [0.2, 0.25) is 0 Å². The number of halogens is 1. The van der Waals surface area contributed by atoms with Crippen molar-refractivity contribution >= 4 is 41.1 Å². The number of ether oxygens (including phenoxy) is 1. The molecule has 3 aromatic rings. The molecule has 2 aromatic heterocycles. The minimum atomic E-state index is -2.56. The van der Waals surface area contributed by atoms with E-state index in [9.17, 15) is 8.96 Å². The Hall–Kier alpha value is -3.16. The summed E-state index contributed by atoms with van der Waals surface area (Å²) >= 11 is 0. The van der Waals surface area contributed by atoms with Crippen LogP contribution < -0.4 is 25.6 Å². The molecule has 2 aliphatic rings. The molecule has 0 bridgehead atoms. The van der Waals surface area contributed by atoms with Crippen LogP contribution in [0.4, 0.5) is 33.1 Å². The second-order valence-corrected chi connectivity index (χ2v) is 13.4. The van der Waals surface area contributed by atoms with Crippen LogP contribution in [-0.2, 0) is 11.0 Å². The predicted molar refractivity (Wildman–Crippen MR) is 149 cm³/mol. The van der Waals surface area contributed by atoms with Crippen molar-refractivity contribution in [3.05, 3.63) is 54.1 Å². The fourth-order valence-corrected chi connectivity index (χ4v) is 6.23. The molecule has 0 atom stereocenters. The lowest BCUT2D eigenvalue weighted by molar-refractivity contribution is 0.249. The first-order chi connectivity index (χ1) is 17.7. The van der Waals surface area contributed by atoms with E-state index in [4.69, 9.17) is 4.74 Å². The first-order valence-corrected chi connectivity index (χ1v) is 15.2. The second-order valence-electron chi connectivity index (χ2n) is 10.2. The van der Waals surface area contributed by atoms with Gasteiger partial charge in [-0.15, -0.1) is 0 Å². The predicted octanol–water partition coefficient (Wildman–Crippen LogP) is 4.82. The molecule has 0 amide bonds. The van der Waals surface area contributed by atoms with Crippen LogP contribution in [0.3, 0.4) is 0 Å². The second kappa shape index (κ2) is 10.3. The third kappa shape index (κ3) is 5.43. The third-order valence-corrected chi connectivity index (χ3v) is 8.65. The topological polar surface area (TPSA) is 82.6 Å². The number of pyridine rings is 2. The van der Waals surface area contributed by atoms with Gasteiger partial charge in [-0.25, -0.2) is 14.4 Å². The number of hydrogen-bond acceptors (Lipinski definition) is 8. The quantitative estimate of drug-likeness (QED) is 0.426. The summed E-state index contributed by atoms with van der Waals surface area (Å²) in [5.74, 6) is 1.23. The van der Waals surface area contributed by atoms with Gasteiger partial charge in [0.1, 0.15) is 13.0 Å². The Bertz CT molecular complexity index is 1340. The number of anilines is 5. The maximum Gasteiger partial charge on any atom is 0.174 e. The largest absolute Gasteiger partial charge is 0.489 e. The van der Waals surface area contributed by atoms with Crippen LogP contribution in [0.15, 0.2) is 42.7 Å². The van der Waals surface area contributed by atoms with E-state index < -0.39 is 13.0 Å². The van der Waals surface area contributed by atoms with Gasteiger partial charge < -0.3 is 29.7 Å². The van der Waals surface area contributed by atoms with E-state index in [1.165, 1.54) is 0 Å². The summed E-state index contributed by atoms with van der Waals surface area (Å²) in [7, 11) is 1.73. The highest BCUT2D eigenvalue weighted by Crippen LogP contribution is 2.41. The van der Waals surface area contributed by atoms with Crippen LogP contribution >= 0.6 is 7.14 Å². The number of nitrogens with zero attached hydrogens (tertiary/aromatic N) is 4. The summed E-state index contributed by atoms with van der Waals surface area (Å²) < 4.78 is 33.4. The number of piperidine rings is 1. The number of fused-ring (bicyclic) bond motifs is 1. The Morgan fingerprint density at radius 2 is 1.84 bits per heavy atom. The molecule has 2 N–H and O–H groups in total. The van der Waals surface area contributed by atoms with Gasteiger partial charge in [0.05, 0.1) is 30.4 Å². The molecule has 2 aliphatic heterocycles. The van der Waals surface area contributed by atoms with Crippen molar-refractivity contribution in [2.45, 2.75) is 25.3 Å². The van der Waals surface area contributed by atoms with Gasteiger partial charge in [0.2, 0.25) is 0 Å². The van der Waals surface area contributed by atoms with E-state index in [-0.39, 0.29) is 5.69 Å². The fraction of sp³-hybridized carbons (Fsp3) is 0.407. The number of rotatable bonds is 7. The molecule has 0 saturated carbocycles. The summed E-state index contributed by atoms with van der Waals surface area (Å²) in [5, 5.41) is 6.99. The molecule has 0 radical (unpaired) electrons. The normalized spacial score (nSPS) is 16.0. The zero-order chi connectivity index (χ0) is 26.2. The average Bonchev–Trinajstić information content (AvgIpc) is 3.37. The summed E-state index contributed by atoms with van der Waals surface area (Å²) in [6, 6.07) is 9.45. The van der Waals surface area contributed by atoms with E-state index in [2.05, 4.69) is 44.5 Å². The maximum absolute atomic E-state index is 14.7. The van der Waals surface area contributed by atoms with Gasteiger partial charge in [-0.1, -0.05) is 12.1 Å². The maximum atomic E-state index is 14.7. The fourth-order valence-electron chi connectivity index (χ4n) is 5.08. The number of hydrogen-bond donors (Lipinski definition) is 2. The molecular weight excluding hydrogens is 490 g/mol. The van der Waals surface area contributed by atoms with Crippen molar-refractivity contribution in [3.63, 3.8) is 0 Å². The van der Waals surface area contributed by atoms with Crippen molar-refractivity contribution in [2.24, 2.45) is 0 Å². The standard InChI is InChI=1S/C27H34FN6O2P/c1-33(2)18-9-12-34(13-10-18)23-17-30-27(26-19(23)11-14-36-26)32-25-15-22(20(28)16-29-25)31-21-7-5-6-8-24(21)37(3,4)35/h5-8,15-18H,9-14H2,1-4H3,(H2,29,30,31,32). The Morgan fingerprint density at radius 3 is 2.57 bits per heavy atom. The molecule has 8 nitrogen and oxygen atoms in total. The molecule has 1 fully saturated rings. The highest BCUT2D eigenvalue weighted by molar-refractivity contribution is 7.70. The van der Waals surface area contributed by atoms with Gasteiger partial charge in [-0.3, -0.25) is 0 Å². The molecule has 0 spiro atoms. The van der Waals surface area contributed by atoms with E-state index in [0.29, 0.717) is 35.3 Å². The highest BCUT2D eigenvalue weighted by Gasteiger charge is 2.28. The van der Waals surface area contributed by atoms with E-state index in [1.807, 2.05) is 18.3 Å². The minimum absolute atomic E-state index is 0.233. The summed E-state index contributed by atoms with van der Waals surface area (Å²) in [6.45, 7) is 5.98.